The van der Waals surface area contributed by atoms with Crippen LogP contribution in [0.4, 0.5) is 34.9 Å². The summed E-state index contributed by atoms with van der Waals surface area (Å²) in [7, 11) is 2.00. The molecule has 12 heteroatoms. The highest BCUT2D eigenvalue weighted by Crippen LogP contribution is 2.36. The van der Waals surface area contributed by atoms with E-state index in [1.165, 1.54) is 18.3 Å². The lowest BCUT2D eigenvalue weighted by Crippen LogP contribution is -2.50. The number of hydrogen-bond donors (Lipinski definition) is 1. The number of halogens is 4. The molecule has 1 atom stereocenters. The maximum absolute atomic E-state index is 15.7. The highest BCUT2D eigenvalue weighted by molar-refractivity contribution is 6.07. The van der Waals surface area contributed by atoms with Gasteiger partial charge in [-0.3, -0.25) is 4.79 Å². The minimum atomic E-state index is -3.06. The van der Waals surface area contributed by atoms with Gasteiger partial charge in [0.2, 0.25) is 5.95 Å². The Labute approximate surface area is 229 Å². The largest absolute Gasteiger partial charge is 0.378 e. The quantitative estimate of drug-likeness (QED) is 0.444. The van der Waals surface area contributed by atoms with Crippen molar-refractivity contribution < 1.29 is 27.1 Å². The highest BCUT2D eigenvalue weighted by Gasteiger charge is 2.27. The third kappa shape index (κ3) is 5.87. The summed E-state index contributed by atoms with van der Waals surface area (Å²) < 4.78 is 62.1. The van der Waals surface area contributed by atoms with Crippen LogP contribution in [0.1, 0.15) is 29.3 Å². The number of aromatic nitrogens is 2. The van der Waals surface area contributed by atoms with Gasteiger partial charge in [-0.2, -0.15) is 0 Å². The molecule has 1 aromatic heterocycles. The van der Waals surface area contributed by atoms with E-state index in [-0.39, 0.29) is 22.9 Å². The van der Waals surface area contributed by atoms with Crippen molar-refractivity contribution in [3.8, 4) is 11.3 Å². The molecule has 2 saturated heterocycles. The first kappa shape index (κ1) is 27.8. The first-order valence-electron chi connectivity index (χ1n) is 13.0. The Morgan fingerprint density at radius 3 is 2.55 bits per heavy atom. The third-order valence-corrected chi connectivity index (χ3v) is 7.34. The lowest BCUT2D eigenvalue weighted by atomic mass is 10.0. The fourth-order valence-corrected chi connectivity index (χ4v) is 4.91. The van der Waals surface area contributed by atoms with Crippen LogP contribution in [-0.2, 0) is 4.74 Å². The highest BCUT2D eigenvalue weighted by atomic mass is 19.3. The van der Waals surface area contributed by atoms with Crippen LogP contribution in [0.15, 0.2) is 42.6 Å². The molecule has 1 unspecified atom stereocenters. The van der Waals surface area contributed by atoms with E-state index in [9.17, 15) is 18.0 Å². The number of carbonyl (C=O) groups excluding carboxylic acids is 1. The van der Waals surface area contributed by atoms with E-state index in [2.05, 4.69) is 20.2 Å². The van der Waals surface area contributed by atoms with Gasteiger partial charge >= 0.3 is 0 Å². The SMILES string of the molecule is CC1CN(c2cc(F)c(-c3ccnc(N4CCOCC4)n3)cc2NC(=O)c2ccc(F)cc2C(F)F)CCN1C. The van der Waals surface area contributed by atoms with Gasteiger partial charge in [-0.1, -0.05) is 0 Å². The summed E-state index contributed by atoms with van der Waals surface area (Å²) in [6.45, 7) is 6.12. The van der Waals surface area contributed by atoms with Crippen LogP contribution in [0.3, 0.4) is 0 Å². The summed E-state index contributed by atoms with van der Waals surface area (Å²) in [6.07, 6.45) is -1.52. The van der Waals surface area contributed by atoms with Crippen molar-refractivity contribution >= 4 is 23.2 Å². The third-order valence-electron chi connectivity index (χ3n) is 7.34. The van der Waals surface area contributed by atoms with Crippen molar-refractivity contribution in [1.29, 1.82) is 0 Å². The topological polar surface area (TPSA) is 73.8 Å². The molecule has 0 aliphatic carbocycles. The number of piperazine rings is 1. The fraction of sp³-hybridized carbons (Fsp3) is 0.393. The van der Waals surface area contributed by atoms with E-state index in [4.69, 9.17) is 4.74 Å². The summed E-state index contributed by atoms with van der Waals surface area (Å²) >= 11 is 0. The fourth-order valence-electron chi connectivity index (χ4n) is 4.91. The number of carbonyl (C=O) groups is 1. The second kappa shape index (κ2) is 11.8. The van der Waals surface area contributed by atoms with E-state index in [0.29, 0.717) is 69.3 Å². The summed E-state index contributed by atoms with van der Waals surface area (Å²) in [5.74, 6) is -1.85. The summed E-state index contributed by atoms with van der Waals surface area (Å²) in [5.41, 5.74) is -0.0201. The number of likely N-dealkylation sites (N-methyl/N-ethyl adjacent to an activating group) is 1. The molecule has 212 valence electrons. The number of nitrogens with one attached hydrogen (secondary N) is 1. The lowest BCUT2D eigenvalue weighted by Gasteiger charge is -2.39. The van der Waals surface area contributed by atoms with Gasteiger partial charge in [0.05, 0.1) is 30.3 Å². The molecule has 2 aliphatic heterocycles. The van der Waals surface area contributed by atoms with E-state index < -0.39 is 29.5 Å². The van der Waals surface area contributed by atoms with Crippen molar-refractivity contribution in [2.24, 2.45) is 0 Å². The number of ether oxygens (including phenoxy) is 1. The van der Waals surface area contributed by atoms with Crippen LogP contribution < -0.4 is 15.1 Å². The van der Waals surface area contributed by atoms with Crippen LogP contribution in [0.5, 0.6) is 0 Å². The molecule has 0 bridgehead atoms. The molecule has 1 N–H and O–H groups in total. The molecule has 1 amide bonds. The van der Waals surface area contributed by atoms with E-state index in [0.717, 1.165) is 12.1 Å². The molecule has 2 fully saturated rings. The van der Waals surface area contributed by atoms with Crippen molar-refractivity contribution in [3.63, 3.8) is 0 Å². The smallest absolute Gasteiger partial charge is 0.264 e. The van der Waals surface area contributed by atoms with Crippen LogP contribution in [0.25, 0.3) is 11.3 Å². The number of alkyl halides is 2. The number of benzene rings is 2. The Kier molecular flexibility index (Phi) is 8.17. The number of morpholine rings is 1. The van der Waals surface area contributed by atoms with Gasteiger partial charge in [-0.25, -0.2) is 27.5 Å². The maximum Gasteiger partial charge on any atom is 0.264 e. The molecular weight excluding hydrogens is 528 g/mol. The zero-order chi connectivity index (χ0) is 28.4. The van der Waals surface area contributed by atoms with Gasteiger partial charge in [0.15, 0.2) is 0 Å². The zero-order valence-electron chi connectivity index (χ0n) is 22.2. The lowest BCUT2D eigenvalue weighted by molar-refractivity contribution is 0.101. The number of anilines is 3. The van der Waals surface area contributed by atoms with Gasteiger partial charge in [0, 0.05) is 61.7 Å². The predicted molar refractivity (Wildman–Crippen MR) is 144 cm³/mol. The zero-order valence-corrected chi connectivity index (χ0v) is 22.2. The van der Waals surface area contributed by atoms with Gasteiger partial charge in [0.1, 0.15) is 11.6 Å². The minimum Gasteiger partial charge on any atom is -0.378 e. The summed E-state index contributed by atoms with van der Waals surface area (Å²) in [4.78, 5) is 28.2. The van der Waals surface area contributed by atoms with E-state index in [1.807, 2.05) is 23.8 Å². The van der Waals surface area contributed by atoms with E-state index in [1.54, 1.807) is 6.07 Å². The van der Waals surface area contributed by atoms with Gasteiger partial charge < -0.3 is 24.8 Å². The number of nitrogens with zero attached hydrogens (tertiary/aromatic N) is 5. The van der Waals surface area contributed by atoms with Gasteiger partial charge in [0.25, 0.3) is 12.3 Å². The Morgan fingerprint density at radius 1 is 1.05 bits per heavy atom. The second-order valence-electron chi connectivity index (χ2n) is 9.95. The predicted octanol–water partition coefficient (Wildman–Crippen LogP) is 4.59. The molecule has 40 heavy (non-hydrogen) atoms. The molecule has 2 aliphatic rings. The molecule has 0 radical (unpaired) electrons. The molecule has 0 saturated carbocycles. The standard InChI is InChI=1S/C28H30F4N6O2/c1-17-16-38(8-7-36(17)2)25-15-22(30)21(23-5-6-33-28(35-23)37-9-11-40-12-10-37)14-24(25)34-27(39)19-4-3-18(29)13-20(19)26(31)32/h3-6,13-15,17,26H,7-12,16H2,1-2H3,(H,34,39). The first-order valence-corrected chi connectivity index (χ1v) is 13.0. The van der Waals surface area contributed by atoms with E-state index >= 15 is 4.39 Å². The van der Waals surface area contributed by atoms with Gasteiger partial charge in [-0.05, 0) is 50.4 Å². The van der Waals surface area contributed by atoms with Crippen LogP contribution in [0.2, 0.25) is 0 Å². The van der Waals surface area contributed by atoms with Crippen molar-refractivity contribution in [2.45, 2.75) is 19.4 Å². The molecule has 8 nitrogen and oxygen atoms in total. The van der Waals surface area contributed by atoms with Crippen LogP contribution in [-0.4, -0.2) is 79.8 Å². The minimum absolute atomic E-state index is 0.117. The number of amides is 1. The molecule has 3 heterocycles. The van der Waals surface area contributed by atoms with Crippen molar-refractivity contribution in [2.75, 3.05) is 68.1 Å². The Hall–Kier alpha value is -3.77. The van der Waals surface area contributed by atoms with Crippen LogP contribution in [0, 0.1) is 11.6 Å². The molecule has 2 aromatic carbocycles. The second-order valence-corrected chi connectivity index (χ2v) is 9.95. The average Bonchev–Trinajstić information content (AvgIpc) is 2.95. The Balaban J connectivity index is 1.55. The molecule has 5 rings (SSSR count). The van der Waals surface area contributed by atoms with Crippen LogP contribution >= 0.6 is 0 Å². The summed E-state index contributed by atoms with van der Waals surface area (Å²) in [5, 5.41) is 2.69. The molecule has 0 spiro atoms. The Bertz CT molecular complexity index is 1380. The Morgan fingerprint density at radius 2 is 1.82 bits per heavy atom. The molecular formula is C28H30F4N6O2. The normalized spacial score (nSPS) is 18.3. The van der Waals surface area contributed by atoms with Crippen molar-refractivity contribution in [3.05, 3.63) is 65.4 Å². The molecule has 3 aromatic rings. The average molecular weight is 559 g/mol. The van der Waals surface area contributed by atoms with Crippen molar-refractivity contribution in [1.82, 2.24) is 14.9 Å². The number of rotatable bonds is 6. The number of hydrogen-bond acceptors (Lipinski definition) is 7. The monoisotopic (exact) mass is 558 g/mol. The maximum atomic E-state index is 15.7. The van der Waals surface area contributed by atoms with Gasteiger partial charge in [-0.15, -0.1) is 0 Å². The summed E-state index contributed by atoms with van der Waals surface area (Å²) in [6, 6.07) is 7.13. The first-order chi connectivity index (χ1) is 19.2.